The van der Waals surface area contributed by atoms with E-state index in [0.717, 1.165) is 0 Å². The van der Waals surface area contributed by atoms with Gasteiger partial charge in [0.05, 0.1) is 16.2 Å². The molecule has 2 amide bonds. The van der Waals surface area contributed by atoms with Gasteiger partial charge in [-0.15, -0.1) is 0 Å². The van der Waals surface area contributed by atoms with Gasteiger partial charge in [0.2, 0.25) is 0 Å². The minimum absolute atomic E-state index is 0.171. The number of benzene rings is 2. The van der Waals surface area contributed by atoms with E-state index in [-0.39, 0.29) is 12.3 Å². The van der Waals surface area contributed by atoms with Crippen LogP contribution in [0.2, 0.25) is 0 Å². The Bertz CT molecular complexity index is 1400. The number of amides is 2. The molecule has 192 valence electrons. The second kappa shape index (κ2) is 10.2. The van der Waals surface area contributed by atoms with Gasteiger partial charge in [-0.1, -0.05) is 18.2 Å². The normalized spacial score (nSPS) is 21.6. The largest absolute Gasteiger partial charge is 0.484 e. The smallest absolute Gasteiger partial charge is 0.334 e. The first-order chi connectivity index (χ1) is 17.6. The van der Waals surface area contributed by atoms with Crippen LogP contribution in [0.5, 0.6) is 5.75 Å². The Balaban J connectivity index is 1.45. The molecule has 2 unspecified atom stereocenters. The number of non-ortho nitro benzene ring substituents is 1. The second-order valence-corrected chi connectivity index (χ2v) is 10.2. The van der Waals surface area contributed by atoms with Gasteiger partial charge in [0, 0.05) is 12.1 Å². The Morgan fingerprint density at radius 2 is 1.81 bits per heavy atom. The molecule has 14 heteroatoms. The van der Waals surface area contributed by atoms with Crippen LogP contribution in [0.15, 0.2) is 60.2 Å². The fourth-order valence-corrected chi connectivity index (χ4v) is 5.98. The molecule has 13 nitrogen and oxygen atoms in total. The number of nitrogens with zero attached hydrogens (tertiary/aromatic N) is 2. The number of para-hydroxylation sites is 1. The van der Waals surface area contributed by atoms with E-state index in [1.165, 1.54) is 30.2 Å². The summed E-state index contributed by atoms with van der Waals surface area (Å²) in [5.74, 6) is -1.78. The zero-order chi connectivity index (χ0) is 26.7. The zero-order valence-corrected chi connectivity index (χ0v) is 19.8. The van der Waals surface area contributed by atoms with E-state index in [1.807, 2.05) is 0 Å². The molecule has 2 aromatic carbocycles. The highest BCUT2D eigenvalue weighted by molar-refractivity contribution is 7.92. The van der Waals surface area contributed by atoms with E-state index in [4.69, 9.17) is 9.47 Å². The highest BCUT2D eigenvalue weighted by Gasteiger charge is 2.63. The maximum absolute atomic E-state index is 12.8. The average Bonchev–Trinajstić information content (AvgIpc) is 2.89. The Kier molecular flexibility index (Phi) is 7.05. The van der Waals surface area contributed by atoms with Gasteiger partial charge in [-0.25, -0.2) is 18.0 Å². The third-order valence-corrected chi connectivity index (χ3v) is 7.67. The summed E-state index contributed by atoms with van der Waals surface area (Å²) in [4.78, 5) is 60.3. The van der Waals surface area contributed by atoms with Crippen LogP contribution in [0.1, 0.15) is 5.56 Å². The molecule has 0 spiro atoms. The van der Waals surface area contributed by atoms with E-state index < -0.39 is 67.9 Å². The number of sulfone groups is 1. The highest BCUT2D eigenvalue weighted by atomic mass is 32.2. The Morgan fingerprint density at radius 1 is 1.14 bits per heavy atom. The van der Waals surface area contributed by atoms with E-state index in [2.05, 4.69) is 5.32 Å². The first-order valence-electron chi connectivity index (χ1n) is 10.8. The van der Waals surface area contributed by atoms with Crippen molar-refractivity contribution in [1.82, 2.24) is 10.2 Å². The molecule has 37 heavy (non-hydrogen) atoms. The summed E-state index contributed by atoms with van der Waals surface area (Å²) >= 11 is 0. The van der Waals surface area contributed by atoms with Crippen molar-refractivity contribution >= 4 is 39.2 Å². The number of β-lactam (4-membered cyclic amide) rings is 1. The van der Waals surface area contributed by atoms with Crippen LogP contribution in [0.3, 0.4) is 0 Å². The molecule has 0 radical (unpaired) electrons. The lowest BCUT2D eigenvalue weighted by atomic mass is 9.98. The first kappa shape index (κ1) is 25.5. The fourth-order valence-electron chi connectivity index (χ4n) is 3.99. The van der Waals surface area contributed by atoms with Crippen LogP contribution >= 0.6 is 0 Å². The summed E-state index contributed by atoms with van der Waals surface area (Å²) in [7, 11) is -4.15. The molecule has 2 saturated heterocycles. The number of nitro groups is 1. The van der Waals surface area contributed by atoms with Crippen molar-refractivity contribution in [3.05, 3.63) is 75.8 Å². The van der Waals surface area contributed by atoms with E-state index in [1.54, 1.807) is 30.3 Å². The number of carbonyl (C=O) groups excluding carboxylic acids is 4. The molecule has 2 aromatic rings. The second-order valence-electron chi connectivity index (χ2n) is 8.15. The molecule has 2 aliphatic rings. The molecule has 0 bridgehead atoms. The van der Waals surface area contributed by atoms with E-state index in [9.17, 15) is 37.7 Å². The highest BCUT2D eigenvalue weighted by Crippen LogP contribution is 2.36. The van der Waals surface area contributed by atoms with Gasteiger partial charge >= 0.3 is 5.97 Å². The maximum atomic E-state index is 12.8. The van der Waals surface area contributed by atoms with Crippen molar-refractivity contribution in [1.29, 1.82) is 0 Å². The molecular formula is C23H19N3O10S. The number of carbonyl (C=O) groups is 3. The number of hydrogen-bond donors (Lipinski definition) is 1. The molecule has 0 saturated carbocycles. The van der Waals surface area contributed by atoms with Crippen molar-refractivity contribution in [3.63, 3.8) is 0 Å². The van der Waals surface area contributed by atoms with Gasteiger partial charge in [-0.3, -0.25) is 19.7 Å². The summed E-state index contributed by atoms with van der Waals surface area (Å²) in [6, 6.07) is 10.3. The first-order valence-corrected chi connectivity index (χ1v) is 12.5. The predicted molar refractivity (Wildman–Crippen MR) is 124 cm³/mol. The Morgan fingerprint density at radius 3 is 2.43 bits per heavy atom. The predicted octanol–water partition coefficient (Wildman–Crippen LogP) is -0.0749. The minimum Gasteiger partial charge on any atom is -0.484 e. The topological polar surface area (TPSA) is 179 Å². The monoisotopic (exact) mass is 529 g/mol. The molecule has 1 N–H and O–H groups in total. The van der Waals surface area contributed by atoms with E-state index >= 15 is 0 Å². The van der Waals surface area contributed by atoms with Crippen LogP contribution in [0, 0.1) is 10.1 Å². The van der Waals surface area contributed by atoms with Crippen LogP contribution in [-0.4, -0.2) is 71.8 Å². The van der Waals surface area contributed by atoms with Crippen molar-refractivity contribution in [2.75, 3.05) is 12.4 Å². The van der Waals surface area contributed by atoms with Crippen molar-refractivity contribution < 1.29 is 42.0 Å². The number of fused-ring (bicyclic) bond motifs is 1. The number of ether oxygens (including phenoxy) is 2. The molecule has 2 heterocycles. The standard InChI is InChI=1S/C23H19N3O10S/c27-10-15-13-37(33,34)22-19(24-18(28)12-35-17-4-2-1-3-5-17)21(29)25(22)20(15)23(30)36-11-14-6-8-16(9-7-14)26(31)32/h1-9,19-20,22H,11-13H2,(H,24,28)/t19?,20?,22-/m0/s1. The third-order valence-electron chi connectivity index (χ3n) is 5.72. The summed E-state index contributed by atoms with van der Waals surface area (Å²) in [6.07, 6.45) is 0. The molecule has 3 atom stereocenters. The van der Waals surface area contributed by atoms with Crippen LogP contribution in [-0.2, 0) is 40.4 Å². The average molecular weight is 529 g/mol. The summed E-state index contributed by atoms with van der Waals surface area (Å²) in [5, 5.41) is 11.5. The molecule has 2 fully saturated rings. The molecule has 4 rings (SSSR count). The third kappa shape index (κ3) is 5.20. The van der Waals surface area contributed by atoms with Gasteiger partial charge in [-0.05, 0) is 29.8 Å². The van der Waals surface area contributed by atoms with Gasteiger partial charge in [0.25, 0.3) is 17.5 Å². The zero-order valence-electron chi connectivity index (χ0n) is 18.9. The number of hydrogen-bond acceptors (Lipinski definition) is 10. The van der Waals surface area contributed by atoms with E-state index in [0.29, 0.717) is 16.2 Å². The van der Waals surface area contributed by atoms with Crippen molar-refractivity contribution in [2.24, 2.45) is 0 Å². The summed E-state index contributed by atoms with van der Waals surface area (Å²) < 4.78 is 36.0. The Labute approximate surface area is 209 Å². The van der Waals surface area contributed by atoms with Gasteiger partial charge in [-0.2, -0.15) is 0 Å². The van der Waals surface area contributed by atoms with Crippen LogP contribution in [0.25, 0.3) is 0 Å². The fraction of sp³-hybridized carbons (Fsp3) is 0.261. The summed E-state index contributed by atoms with van der Waals surface area (Å²) in [6.45, 7) is -0.837. The quantitative estimate of drug-likeness (QED) is 0.160. The van der Waals surface area contributed by atoms with Gasteiger partial charge < -0.3 is 19.7 Å². The lowest BCUT2D eigenvalue weighted by Crippen LogP contribution is -2.79. The summed E-state index contributed by atoms with van der Waals surface area (Å²) in [5.41, 5.74) is -0.292. The molecule has 0 aromatic heterocycles. The lowest BCUT2D eigenvalue weighted by molar-refractivity contribution is -0.384. The van der Waals surface area contributed by atoms with Gasteiger partial charge in [0.15, 0.2) is 27.9 Å². The minimum atomic E-state index is -4.15. The number of rotatable bonds is 8. The van der Waals surface area contributed by atoms with Crippen LogP contribution in [0.4, 0.5) is 5.69 Å². The lowest BCUT2D eigenvalue weighted by Gasteiger charge is -2.51. The molecule has 0 aliphatic carbocycles. The molecular weight excluding hydrogens is 510 g/mol. The molecule has 2 aliphatic heterocycles. The maximum Gasteiger partial charge on any atom is 0.334 e. The van der Waals surface area contributed by atoms with Crippen molar-refractivity contribution in [3.8, 4) is 5.75 Å². The van der Waals surface area contributed by atoms with Crippen LogP contribution < -0.4 is 10.1 Å². The number of esters is 1. The SMILES string of the molecule is O=C=C1CS(=O)(=O)[C@H]2C(NC(=O)COc3ccccc3)C(=O)N2C1C(=O)OCc1ccc([N+](=O)[O-])cc1. The Hall–Kier alpha value is -4.55. The number of nitrogens with one attached hydrogen (secondary N) is 1. The van der Waals surface area contributed by atoms with Crippen molar-refractivity contribution in [2.45, 2.75) is 24.1 Å². The number of nitro benzene ring substituents is 1. The van der Waals surface area contributed by atoms with Gasteiger partial charge in [0.1, 0.15) is 24.3 Å².